The van der Waals surface area contributed by atoms with Crippen LogP contribution in [-0.4, -0.2) is 61.6 Å². The summed E-state index contributed by atoms with van der Waals surface area (Å²) in [5, 5.41) is 2.62. The van der Waals surface area contributed by atoms with Crippen LogP contribution in [0.25, 0.3) is 0 Å². The molecule has 1 aliphatic rings. The summed E-state index contributed by atoms with van der Waals surface area (Å²) >= 11 is 0. The Morgan fingerprint density at radius 3 is 2.48 bits per heavy atom. The number of ether oxygens (including phenoxy) is 1. The van der Waals surface area contributed by atoms with Crippen molar-refractivity contribution in [2.45, 2.75) is 26.8 Å². The van der Waals surface area contributed by atoms with Gasteiger partial charge in [-0.3, -0.25) is 9.69 Å². The molecule has 6 nitrogen and oxygen atoms in total. The number of nitrogens with one attached hydrogen (secondary N) is 1. The predicted molar refractivity (Wildman–Crippen MR) is 97.5 cm³/mol. The van der Waals surface area contributed by atoms with Gasteiger partial charge in [-0.2, -0.15) is 0 Å². The molecule has 1 aromatic carbocycles. The van der Waals surface area contributed by atoms with E-state index in [4.69, 9.17) is 4.74 Å². The molecule has 1 aromatic rings. The van der Waals surface area contributed by atoms with Crippen LogP contribution in [0.3, 0.4) is 0 Å². The molecule has 0 atom stereocenters. The molecule has 25 heavy (non-hydrogen) atoms. The third-order valence-electron chi connectivity index (χ3n) is 4.24. The smallest absolute Gasteiger partial charge is 0.409 e. The molecule has 1 aliphatic heterocycles. The molecule has 138 valence electrons. The Balaban J connectivity index is 1.84. The molecule has 1 heterocycles. The molecule has 0 bridgehead atoms. The van der Waals surface area contributed by atoms with Crippen LogP contribution in [0.1, 0.15) is 36.2 Å². The van der Waals surface area contributed by atoms with Crippen molar-refractivity contribution in [2.75, 3.05) is 39.8 Å². The number of hydrogen-bond acceptors (Lipinski definition) is 4. The molecular formula is C19H29N3O3. The number of rotatable bonds is 5. The van der Waals surface area contributed by atoms with Crippen LogP contribution in [0.15, 0.2) is 24.3 Å². The van der Waals surface area contributed by atoms with Gasteiger partial charge in [0.15, 0.2) is 0 Å². The van der Waals surface area contributed by atoms with E-state index in [-0.39, 0.29) is 12.0 Å². The van der Waals surface area contributed by atoms with Crippen molar-refractivity contribution in [3.63, 3.8) is 0 Å². The lowest BCUT2D eigenvalue weighted by molar-refractivity contribution is 0.0929. The summed E-state index contributed by atoms with van der Waals surface area (Å²) in [6, 6.07) is 7.68. The lowest BCUT2D eigenvalue weighted by Gasteiger charge is -2.22. The molecule has 6 heteroatoms. The quantitative estimate of drug-likeness (QED) is 0.888. The lowest BCUT2D eigenvalue weighted by Crippen LogP contribution is -2.36. The van der Waals surface area contributed by atoms with E-state index < -0.39 is 0 Å². The Labute approximate surface area is 150 Å². The van der Waals surface area contributed by atoms with Crippen molar-refractivity contribution in [3.05, 3.63) is 35.4 Å². The monoisotopic (exact) mass is 347 g/mol. The molecule has 0 unspecified atom stereocenters. The summed E-state index contributed by atoms with van der Waals surface area (Å²) in [5.41, 5.74) is 1.84. The Morgan fingerprint density at radius 1 is 1.12 bits per heavy atom. The van der Waals surface area contributed by atoms with Gasteiger partial charge in [0.2, 0.25) is 0 Å². The second-order valence-electron chi connectivity index (χ2n) is 6.86. The highest BCUT2D eigenvalue weighted by molar-refractivity contribution is 5.93. The second-order valence-corrected chi connectivity index (χ2v) is 6.86. The summed E-state index contributed by atoms with van der Waals surface area (Å²) in [6.45, 7) is 8.56. The van der Waals surface area contributed by atoms with Gasteiger partial charge in [0.1, 0.15) is 0 Å². The van der Waals surface area contributed by atoms with E-state index in [1.807, 2.05) is 38.1 Å². The molecule has 1 N–H and O–H groups in total. The molecule has 1 saturated heterocycles. The van der Waals surface area contributed by atoms with E-state index in [1.54, 1.807) is 11.9 Å². The van der Waals surface area contributed by atoms with E-state index in [2.05, 4.69) is 10.2 Å². The lowest BCUT2D eigenvalue weighted by atomic mass is 10.1. The summed E-state index contributed by atoms with van der Waals surface area (Å²) in [4.78, 5) is 27.8. The Bertz CT molecular complexity index is 572. The predicted octanol–water partition coefficient (Wildman–Crippen LogP) is 2.35. The summed E-state index contributed by atoms with van der Waals surface area (Å²) < 4.78 is 5.33. The summed E-state index contributed by atoms with van der Waals surface area (Å²) in [6.07, 6.45) is 0.734. The van der Waals surface area contributed by atoms with Gasteiger partial charge in [-0.15, -0.1) is 0 Å². The fourth-order valence-corrected chi connectivity index (χ4v) is 2.80. The van der Waals surface area contributed by atoms with Crippen LogP contribution >= 0.6 is 0 Å². The zero-order valence-corrected chi connectivity index (χ0v) is 15.5. The van der Waals surface area contributed by atoms with E-state index >= 15 is 0 Å². The first-order chi connectivity index (χ1) is 12.0. The minimum atomic E-state index is -0.203. The Hall–Kier alpha value is -2.08. The first-order valence-corrected chi connectivity index (χ1v) is 8.94. The molecule has 2 amide bonds. The van der Waals surface area contributed by atoms with Crippen LogP contribution in [0.5, 0.6) is 0 Å². The maximum Gasteiger partial charge on any atom is 0.409 e. The summed E-state index contributed by atoms with van der Waals surface area (Å²) in [7, 11) is 1.63. The van der Waals surface area contributed by atoms with Crippen LogP contribution in [0, 0.1) is 5.92 Å². The van der Waals surface area contributed by atoms with Gasteiger partial charge in [0, 0.05) is 45.3 Å². The molecule has 0 aromatic heterocycles. The third-order valence-corrected chi connectivity index (χ3v) is 4.24. The van der Waals surface area contributed by atoms with Gasteiger partial charge in [0.05, 0.1) is 6.61 Å². The second kappa shape index (κ2) is 9.42. The maximum absolute atomic E-state index is 12.1. The maximum atomic E-state index is 12.1. The number of benzene rings is 1. The molecule has 2 rings (SSSR count). The van der Waals surface area contributed by atoms with Crippen molar-refractivity contribution in [2.24, 2.45) is 5.92 Å². The van der Waals surface area contributed by atoms with Crippen molar-refractivity contribution in [1.82, 2.24) is 15.1 Å². The van der Waals surface area contributed by atoms with Crippen molar-refractivity contribution >= 4 is 12.0 Å². The SMILES string of the molecule is CNC(=O)c1ccc(CN2CCCN(C(=O)OCC(C)C)CC2)cc1. The highest BCUT2D eigenvalue weighted by Gasteiger charge is 2.20. The zero-order valence-electron chi connectivity index (χ0n) is 15.5. The van der Waals surface area contributed by atoms with Crippen LogP contribution in [0.2, 0.25) is 0 Å². The van der Waals surface area contributed by atoms with E-state index in [9.17, 15) is 9.59 Å². The number of hydrogen-bond donors (Lipinski definition) is 1. The van der Waals surface area contributed by atoms with Gasteiger partial charge in [-0.25, -0.2) is 4.79 Å². The van der Waals surface area contributed by atoms with Gasteiger partial charge < -0.3 is 15.0 Å². The fraction of sp³-hybridized carbons (Fsp3) is 0.579. The average Bonchev–Trinajstić information content (AvgIpc) is 2.85. The summed E-state index contributed by atoms with van der Waals surface area (Å²) in [5.74, 6) is 0.280. The van der Waals surface area contributed by atoms with Gasteiger partial charge >= 0.3 is 6.09 Å². The first kappa shape index (κ1) is 19.2. The number of amides is 2. The van der Waals surface area contributed by atoms with Gasteiger partial charge in [-0.1, -0.05) is 26.0 Å². The normalized spacial score (nSPS) is 15.8. The van der Waals surface area contributed by atoms with Gasteiger partial charge in [0.25, 0.3) is 5.91 Å². The first-order valence-electron chi connectivity index (χ1n) is 8.94. The molecular weight excluding hydrogens is 318 g/mol. The largest absolute Gasteiger partial charge is 0.449 e. The van der Waals surface area contributed by atoms with Crippen LogP contribution in [0.4, 0.5) is 4.79 Å². The fourth-order valence-electron chi connectivity index (χ4n) is 2.80. The highest BCUT2D eigenvalue weighted by Crippen LogP contribution is 2.11. The van der Waals surface area contributed by atoms with Crippen LogP contribution in [-0.2, 0) is 11.3 Å². The van der Waals surface area contributed by atoms with Crippen molar-refractivity contribution in [3.8, 4) is 0 Å². The van der Waals surface area contributed by atoms with E-state index in [0.717, 1.165) is 32.6 Å². The number of carbonyl (C=O) groups excluding carboxylic acids is 2. The van der Waals surface area contributed by atoms with Crippen LogP contribution < -0.4 is 5.32 Å². The van der Waals surface area contributed by atoms with E-state index in [1.165, 1.54) is 5.56 Å². The average molecular weight is 347 g/mol. The minimum absolute atomic E-state index is 0.0723. The van der Waals surface area contributed by atoms with Crippen molar-refractivity contribution in [1.29, 1.82) is 0 Å². The molecule has 0 radical (unpaired) electrons. The van der Waals surface area contributed by atoms with Gasteiger partial charge in [-0.05, 0) is 30.0 Å². The minimum Gasteiger partial charge on any atom is -0.449 e. The highest BCUT2D eigenvalue weighted by atomic mass is 16.6. The Kier molecular flexibility index (Phi) is 7.25. The molecule has 0 aliphatic carbocycles. The van der Waals surface area contributed by atoms with Crippen molar-refractivity contribution < 1.29 is 14.3 Å². The molecule has 1 fully saturated rings. The molecule has 0 spiro atoms. The molecule has 0 saturated carbocycles. The third kappa shape index (κ3) is 6.05. The zero-order chi connectivity index (χ0) is 18.2. The Morgan fingerprint density at radius 2 is 1.84 bits per heavy atom. The number of nitrogens with zero attached hydrogens (tertiary/aromatic N) is 2. The standard InChI is InChI=1S/C19H29N3O3/c1-15(2)14-25-19(24)22-10-4-9-21(11-12-22)13-16-5-7-17(8-6-16)18(23)20-3/h5-8,15H,4,9-14H2,1-3H3,(H,20,23). The number of carbonyl (C=O) groups is 2. The topological polar surface area (TPSA) is 61.9 Å². The van der Waals surface area contributed by atoms with E-state index in [0.29, 0.717) is 24.6 Å².